The largest absolute Gasteiger partial charge is 0.504 e. The minimum absolute atomic E-state index is 0.0497. The molecule has 1 aromatic rings. The smallest absolute Gasteiger partial charge is 0.257 e. The Kier molecular flexibility index (Phi) is 5.44. The Bertz CT molecular complexity index is 476. The van der Waals surface area contributed by atoms with Crippen molar-refractivity contribution in [2.75, 3.05) is 26.2 Å². The normalized spacial score (nSPS) is 18.9. The van der Waals surface area contributed by atoms with Crippen molar-refractivity contribution in [2.45, 2.75) is 26.3 Å². The van der Waals surface area contributed by atoms with Gasteiger partial charge in [-0.2, -0.15) is 0 Å². The van der Waals surface area contributed by atoms with Crippen LogP contribution in [0.4, 0.5) is 0 Å². The first-order valence-corrected chi connectivity index (χ1v) is 7.48. The molecule has 1 saturated heterocycles. The number of ether oxygens (including phenoxy) is 1. The molecule has 0 saturated carbocycles. The molecule has 1 amide bonds. The van der Waals surface area contributed by atoms with Gasteiger partial charge in [0.25, 0.3) is 5.91 Å². The van der Waals surface area contributed by atoms with Crippen molar-refractivity contribution in [3.05, 3.63) is 24.3 Å². The number of carbonyl (C=O) groups excluding carboxylic acids is 1. The Balaban J connectivity index is 1.68. The standard InChI is InChI=1S/C16H24N2O3/c1-12(2)18-8-7-13(10-18)9-17-16(20)11-21-15-6-4-3-5-14(15)19/h3-6,12-13,19H,7-11H2,1-2H3,(H,17,20). The third kappa shape index (κ3) is 4.63. The van der Waals surface area contributed by atoms with E-state index in [-0.39, 0.29) is 18.3 Å². The van der Waals surface area contributed by atoms with E-state index >= 15 is 0 Å². The number of rotatable bonds is 6. The van der Waals surface area contributed by atoms with Crippen molar-refractivity contribution in [3.8, 4) is 11.5 Å². The monoisotopic (exact) mass is 292 g/mol. The number of likely N-dealkylation sites (tertiary alicyclic amines) is 1. The van der Waals surface area contributed by atoms with Crippen molar-refractivity contribution >= 4 is 5.91 Å². The Morgan fingerprint density at radius 3 is 2.90 bits per heavy atom. The summed E-state index contributed by atoms with van der Waals surface area (Å²) in [6.07, 6.45) is 1.12. The van der Waals surface area contributed by atoms with Crippen molar-refractivity contribution in [1.82, 2.24) is 10.2 Å². The molecule has 0 aromatic heterocycles. The van der Waals surface area contributed by atoms with Gasteiger partial charge in [0.05, 0.1) is 0 Å². The fourth-order valence-electron chi connectivity index (χ4n) is 2.53. The number of nitrogens with one attached hydrogen (secondary N) is 1. The summed E-state index contributed by atoms with van der Waals surface area (Å²) in [6.45, 7) is 7.15. The number of phenols is 1. The molecule has 116 valence electrons. The summed E-state index contributed by atoms with van der Waals surface area (Å²) in [4.78, 5) is 14.2. The van der Waals surface area contributed by atoms with E-state index in [2.05, 4.69) is 24.1 Å². The number of carbonyl (C=O) groups is 1. The second-order valence-electron chi connectivity index (χ2n) is 5.80. The number of aromatic hydroxyl groups is 1. The summed E-state index contributed by atoms with van der Waals surface area (Å²) >= 11 is 0. The molecule has 1 heterocycles. The lowest BCUT2D eigenvalue weighted by atomic mass is 10.1. The van der Waals surface area contributed by atoms with E-state index in [1.807, 2.05) is 0 Å². The van der Waals surface area contributed by atoms with E-state index in [0.717, 1.165) is 19.5 Å². The molecule has 1 atom stereocenters. The molecule has 0 bridgehead atoms. The number of hydrogen-bond donors (Lipinski definition) is 2. The Morgan fingerprint density at radius 2 is 2.24 bits per heavy atom. The highest BCUT2D eigenvalue weighted by molar-refractivity contribution is 5.77. The van der Waals surface area contributed by atoms with Gasteiger partial charge in [-0.05, 0) is 44.9 Å². The third-order valence-corrected chi connectivity index (χ3v) is 3.86. The van der Waals surface area contributed by atoms with Crippen molar-refractivity contribution in [1.29, 1.82) is 0 Å². The molecule has 1 aromatic carbocycles. The molecule has 2 rings (SSSR count). The summed E-state index contributed by atoms with van der Waals surface area (Å²) in [6, 6.07) is 7.20. The van der Waals surface area contributed by atoms with Crippen LogP contribution in [-0.4, -0.2) is 48.2 Å². The summed E-state index contributed by atoms with van der Waals surface area (Å²) in [5.74, 6) is 0.746. The van der Waals surface area contributed by atoms with Crippen LogP contribution in [0.15, 0.2) is 24.3 Å². The van der Waals surface area contributed by atoms with Gasteiger partial charge in [0.1, 0.15) is 0 Å². The van der Waals surface area contributed by atoms with Gasteiger partial charge in [-0.15, -0.1) is 0 Å². The van der Waals surface area contributed by atoms with Gasteiger partial charge in [0, 0.05) is 19.1 Å². The zero-order chi connectivity index (χ0) is 15.2. The molecular weight excluding hydrogens is 268 g/mol. The number of para-hydroxylation sites is 2. The van der Waals surface area contributed by atoms with E-state index in [4.69, 9.17) is 4.74 Å². The maximum absolute atomic E-state index is 11.8. The number of hydrogen-bond acceptors (Lipinski definition) is 4. The molecule has 5 heteroatoms. The molecule has 0 aliphatic carbocycles. The molecule has 21 heavy (non-hydrogen) atoms. The van der Waals surface area contributed by atoms with Crippen LogP contribution in [-0.2, 0) is 4.79 Å². The summed E-state index contributed by atoms with van der Waals surface area (Å²) in [5.41, 5.74) is 0. The fraction of sp³-hybridized carbons (Fsp3) is 0.562. The number of nitrogens with zero attached hydrogens (tertiary/aromatic N) is 1. The van der Waals surface area contributed by atoms with Crippen LogP contribution in [0.3, 0.4) is 0 Å². The van der Waals surface area contributed by atoms with Crippen molar-refractivity contribution in [3.63, 3.8) is 0 Å². The molecule has 5 nitrogen and oxygen atoms in total. The molecule has 1 aliphatic rings. The Morgan fingerprint density at radius 1 is 1.48 bits per heavy atom. The van der Waals surface area contributed by atoms with Gasteiger partial charge in [-0.1, -0.05) is 12.1 Å². The van der Waals surface area contributed by atoms with Crippen molar-refractivity contribution < 1.29 is 14.6 Å². The van der Waals surface area contributed by atoms with Gasteiger partial charge in [-0.3, -0.25) is 4.79 Å². The SMILES string of the molecule is CC(C)N1CCC(CNC(=O)COc2ccccc2O)C1. The van der Waals surface area contributed by atoms with Crippen LogP contribution >= 0.6 is 0 Å². The summed E-state index contributed by atoms with van der Waals surface area (Å²) in [5, 5.41) is 12.4. The zero-order valence-corrected chi connectivity index (χ0v) is 12.7. The van der Waals surface area contributed by atoms with Gasteiger partial charge in [0.15, 0.2) is 18.1 Å². The van der Waals surface area contributed by atoms with Crippen LogP contribution in [0.25, 0.3) is 0 Å². The van der Waals surface area contributed by atoms with E-state index < -0.39 is 0 Å². The summed E-state index contributed by atoms with van der Waals surface area (Å²) in [7, 11) is 0. The zero-order valence-electron chi connectivity index (χ0n) is 12.7. The fourth-order valence-corrected chi connectivity index (χ4v) is 2.53. The number of amides is 1. The number of phenolic OH excluding ortho intramolecular Hbond substituents is 1. The minimum atomic E-state index is -0.152. The predicted octanol–water partition coefficient (Wildman–Crippen LogP) is 1.62. The average Bonchev–Trinajstić information content (AvgIpc) is 2.93. The van der Waals surface area contributed by atoms with Crippen molar-refractivity contribution in [2.24, 2.45) is 5.92 Å². The van der Waals surface area contributed by atoms with Gasteiger partial charge in [0.2, 0.25) is 0 Å². The highest BCUT2D eigenvalue weighted by Crippen LogP contribution is 2.24. The maximum atomic E-state index is 11.8. The Hall–Kier alpha value is -1.75. The highest BCUT2D eigenvalue weighted by Gasteiger charge is 2.24. The van der Waals surface area contributed by atoms with Gasteiger partial charge < -0.3 is 20.1 Å². The van der Waals surface area contributed by atoms with Crippen LogP contribution in [0.5, 0.6) is 11.5 Å². The summed E-state index contributed by atoms with van der Waals surface area (Å²) < 4.78 is 5.30. The van der Waals surface area contributed by atoms with Gasteiger partial charge in [-0.25, -0.2) is 0 Å². The molecule has 0 spiro atoms. The number of benzene rings is 1. The van der Waals surface area contributed by atoms with Crippen LogP contribution in [0, 0.1) is 5.92 Å². The quantitative estimate of drug-likeness (QED) is 0.836. The predicted molar refractivity (Wildman–Crippen MR) is 81.4 cm³/mol. The average molecular weight is 292 g/mol. The first-order chi connectivity index (χ1) is 10.1. The van der Waals surface area contributed by atoms with E-state index in [1.165, 1.54) is 6.07 Å². The topological polar surface area (TPSA) is 61.8 Å². The first-order valence-electron chi connectivity index (χ1n) is 7.48. The van der Waals surface area contributed by atoms with Crippen LogP contribution in [0.1, 0.15) is 20.3 Å². The molecule has 1 fully saturated rings. The second kappa shape index (κ2) is 7.31. The lowest BCUT2D eigenvalue weighted by Gasteiger charge is -2.20. The minimum Gasteiger partial charge on any atom is -0.504 e. The first kappa shape index (κ1) is 15.6. The lowest BCUT2D eigenvalue weighted by molar-refractivity contribution is -0.123. The maximum Gasteiger partial charge on any atom is 0.257 e. The highest BCUT2D eigenvalue weighted by atomic mass is 16.5. The van der Waals surface area contributed by atoms with E-state index in [1.54, 1.807) is 18.2 Å². The molecule has 1 unspecified atom stereocenters. The van der Waals surface area contributed by atoms with Crippen LogP contribution in [0.2, 0.25) is 0 Å². The Labute approximate surface area is 125 Å². The second-order valence-corrected chi connectivity index (χ2v) is 5.80. The molecular formula is C16H24N2O3. The van der Waals surface area contributed by atoms with Crippen LogP contribution < -0.4 is 10.1 Å². The van der Waals surface area contributed by atoms with E-state index in [9.17, 15) is 9.90 Å². The molecule has 1 aliphatic heterocycles. The lowest BCUT2D eigenvalue weighted by Crippen LogP contribution is -2.35. The molecule has 0 radical (unpaired) electrons. The third-order valence-electron chi connectivity index (χ3n) is 3.86. The molecule has 2 N–H and O–H groups in total. The van der Waals surface area contributed by atoms with E-state index in [0.29, 0.717) is 24.3 Å². The van der Waals surface area contributed by atoms with Gasteiger partial charge >= 0.3 is 0 Å².